The molecule has 0 aromatic heterocycles. The zero-order chi connectivity index (χ0) is 16.4. The van der Waals surface area contributed by atoms with E-state index in [9.17, 15) is 22.4 Å². The lowest BCUT2D eigenvalue weighted by Gasteiger charge is -2.28. The number of halogens is 4. The highest BCUT2D eigenvalue weighted by molar-refractivity contribution is 5.77. The Morgan fingerprint density at radius 3 is 2.10 bits per heavy atom. The van der Waals surface area contributed by atoms with Gasteiger partial charge in [0.2, 0.25) is 11.6 Å². The molecule has 21 heavy (non-hydrogen) atoms. The molecule has 0 aliphatic heterocycles. The van der Waals surface area contributed by atoms with E-state index in [-0.39, 0.29) is 17.5 Å². The molecule has 0 saturated carbocycles. The van der Waals surface area contributed by atoms with Gasteiger partial charge in [-0.05, 0) is 12.3 Å². The minimum Gasteiger partial charge on any atom is -0.477 e. The highest BCUT2D eigenvalue weighted by Gasteiger charge is 2.24. The van der Waals surface area contributed by atoms with E-state index in [1.54, 1.807) is 6.92 Å². The van der Waals surface area contributed by atoms with Crippen molar-refractivity contribution in [2.24, 2.45) is 5.41 Å². The van der Waals surface area contributed by atoms with E-state index in [0.29, 0.717) is 0 Å². The average molecular weight is 307 g/mol. The normalized spacial score (nSPS) is 13.0. The molecule has 1 unspecified atom stereocenters. The van der Waals surface area contributed by atoms with Crippen LogP contribution in [0.3, 0.4) is 0 Å². The first-order valence-corrected chi connectivity index (χ1v) is 6.29. The molecule has 0 aliphatic rings. The third kappa shape index (κ3) is 4.34. The summed E-state index contributed by atoms with van der Waals surface area (Å²) in [6, 6.07) is -0.160. The standard InChI is InChI=1S/C14H17F4NO2/c1-7(14(2,3)4)19-10(20)6-21-13-11(17)8(15)5-9(16)12(13)18/h5,7H,6H2,1-4H3,(H,19,20). The summed E-state index contributed by atoms with van der Waals surface area (Å²) in [4.78, 5) is 11.6. The molecular formula is C14H17F4NO2. The van der Waals surface area contributed by atoms with Crippen LogP contribution >= 0.6 is 0 Å². The molecule has 0 fully saturated rings. The van der Waals surface area contributed by atoms with Crippen LogP contribution in [-0.4, -0.2) is 18.6 Å². The molecule has 1 amide bonds. The molecule has 0 heterocycles. The van der Waals surface area contributed by atoms with Gasteiger partial charge in [0.1, 0.15) is 0 Å². The SMILES string of the molecule is CC(NC(=O)COc1c(F)c(F)cc(F)c1F)C(C)(C)C. The second-order valence-electron chi connectivity index (χ2n) is 5.74. The molecule has 1 aromatic rings. The first kappa shape index (κ1) is 17.3. The number of hydrogen-bond acceptors (Lipinski definition) is 2. The fourth-order valence-corrected chi connectivity index (χ4v) is 1.32. The molecular weight excluding hydrogens is 290 g/mol. The first-order valence-electron chi connectivity index (χ1n) is 6.29. The monoisotopic (exact) mass is 307 g/mol. The Kier molecular flexibility index (Phi) is 5.20. The Hall–Kier alpha value is -1.79. The van der Waals surface area contributed by atoms with Crippen molar-refractivity contribution in [2.75, 3.05) is 6.61 Å². The van der Waals surface area contributed by atoms with Crippen LogP contribution in [0.25, 0.3) is 0 Å². The summed E-state index contributed by atoms with van der Waals surface area (Å²) in [6.07, 6.45) is 0. The lowest BCUT2D eigenvalue weighted by atomic mass is 9.88. The van der Waals surface area contributed by atoms with Crippen LogP contribution in [-0.2, 0) is 4.79 Å². The van der Waals surface area contributed by atoms with Crippen LogP contribution in [0.1, 0.15) is 27.7 Å². The van der Waals surface area contributed by atoms with Gasteiger partial charge in [0.15, 0.2) is 24.0 Å². The van der Waals surface area contributed by atoms with Crippen molar-refractivity contribution in [3.8, 4) is 5.75 Å². The topological polar surface area (TPSA) is 38.3 Å². The van der Waals surface area contributed by atoms with Crippen LogP contribution in [0.2, 0.25) is 0 Å². The number of hydrogen-bond donors (Lipinski definition) is 1. The lowest BCUT2D eigenvalue weighted by Crippen LogP contribution is -2.43. The second kappa shape index (κ2) is 6.32. The summed E-state index contributed by atoms with van der Waals surface area (Å²) in [6.45, 7) is 6.67. The third-order valence-corrected chi connectivity index (χ3v) is 3.10. The van der Waals surface area contributed by atoms with E-state index in [4.69, 9.17) is 0 Å². The Labute approximate surface area is 120 Å². The third-order valence-electron chi connectivity index (χ3n) is 3.10. The molecule has 118 valence electrons. The number of benzene rings is 1. The van der Waals surface area contributed by atoms with Crippen LogP contribution < -0.4 is 10.1 Å². The van der Waals surface area contributed by atoms with Gasteiger partial charge in [0, 0.05) is 12.1 Å². The van der Waals surface area contributed by atoms with Gasteiger partial charge in [-0.25, -0.2) is 8.78 Å². The van der Waals surface area contributed by atoms with Crippen LogP contribution in [0.5, 0.6) is 5.75 Å². The Balaban J connectivity index is 2.75. The Morgan fingerprint density at radius 1 is 1.19 bits per heavy atom. The summed E-state index contributed by atoms with van der Waals surface area (Å²) in [7, 11) is 0. The van der Waals surface area contributed by atoms with Crippen LogP contribution in [0, 0.1) is 28.7 Å². The van der Waals surface area contributed by atoms with E-state index in [1.807, 2.05) is 20.8 Å². The predicted molar refractivity (Wildman–Crippen MR) is 68.8 cm³/mol. The first-order chi connectivity index (χ1) is 9.54. The van der Waals surface area contributed by atoms with Crippen LogP contribution in [0.15, 0.2) is 6.07 Å². The van der Waals surface area contributed by atoms with Crippen molar-refractivity contribution in [3.63, 3.8) is 0 Å². The number of ether oxygens (including phenoxy) is 1. The molecule has 1 aromatic carbocycles. The van der Waals surface area contributed by atoms with Crippen molar-refractivity contribution in [1.82, 2.24) is 5.32 Å². The van der Waals surface area contributed by atoms with Gasteiger partial charge in [-0.3, -0.25) is 4.79 Å². The lowest BCUT2D eigenvalue weighted by molar-refractivity contribution is -0.124. The Morgan fingerprint density at radius 2 is 1.67 bits per heavy atom. The maximum absolute atomic E-state index is 13.3. The van der Waals surface area contributed by atoms with Crippen LogP contribution in [0.4, 0.5) is 17.6 Å². The molecule has 1 atom stereocenters. The van der Waals surface area contributed by atoms with Gasteiger partial charge in [-0.15, -0.1) is 0 Å². The van der Waals surface area contributed by atoms with Gasteiger partial charge in [-0.1, -0.05) is 20.8 Å². The maximum Gasteiger partial charge on any atom is 0.258 e. The summed E-state index contributed by atoms with van der Waals surface area (Å²) < 4.78 is 57.1. The molecule has 0 radical (unpaired) electrons. The molecule has 0 aliphatic carbocycles. The smallest absolute Gasteiger partial charge is 0.258 e. The van der Waals surface area contributed by atoms with Crippen molar-refractivity contribution < 1.29 is 27.1 Å². The minimum atomic E-state index is -1.68. The number of carbonyl (C=O) groups excluding carboxylic acids is 1. The summed E-state index contributed by atoms with van der Waals surface area (Å²) in [5.74, 6) is -8.43. The van der Waals surface area contributed by atoms with E-state index in [1.165, 1.54) is 0 Å². The highest BCUT2D eigenvalue weighted by atomic mass is 19.2. The van der Waals surface area contributed by atoms with Crippen molar-refractivity contribution >= 4 is 5.91 Å². The largest absolute Gasteiger partial charge is 0.477 e. The maximum atomic E-state index is 13.3. The van der Waals surface area contributed by atoms with E-state index < -0.39 is 41.5 Å². The highest BCUT2D eigenvalue weighted by Crippen LogP contribution is 2.26. The number of amides is 1. The van der Waals surface area contributed by atoms with Crippen molar-refractivity contribution in [1.29, 1.82) is 0 Å². The predicted octanol–water partition coefficient (Wildman–Crippen LogP) is 3.17. The van der Waals surface area contributed by atoms with E-state index in [2.05, 4.69) is 10.1 Å². The van der Waals surface area contributed by atoms with Gasteiger partial charge >= 0.3 is 0 Å². The van der Waals surface area contributed by atoms with Crippen molar-refractivity contribution in [3.05, 3.63) is 29.3 Å². The summed E-state index contributed by atoms with van der Waals surface area (Å²) in [5, 5.41) is 2.56. The summed E-state index contributed by atoms with van der Waals surface area (Å²) >= 11 is 0. The van der Waals surface area contributed by atoms with Gasteiger partial charge in [0.25, 0.3) is 5.91 Å². The van der Waals surface area contributed by atoms with Gasteiger partial charge < -0.3 is 10.1 Å². The number of rotatable bonds is 4. The fraction of sp³-hybridized carbons (Fsp3) is 0.500. The molecule has 0 spiro atoms. The van der Waals surface area contributed by atoms with E-state index >= 15 is 0 Å². The van der Waals surface area contributed by atoms with Crippen molar-refractivity contribution in [2.45, 2.75) is 33.7 Å². The molecule has 1 N–H and O–H groups in total. The minimum absolute atomic E-state index is 0.0687. The Bertz CT molecular complexity index is 515. The van der Waals surface area contributed by atoms with Gasteiger partial charge in [0.05, 0.1) is 0 Å². The van der Waals surface area contributed by atoms with Gasteiger partial charge in [-0.2, -0.15) is 8.78 Å². The zero-order valence-electron chi connectivity index (χ0n) is 12.2. The fourth-order valence-electron chi connectivity index (χ4n) is 1.32. The quantitative estimate of drug-likeness (QED) is 0.685. The molecule has 0 saturated heterocycles. The summed E-state index contributed by atoms with van der Waals surface area (Å²) in [5.41, 5.74) is -0.225. The molecule has 0 bridgehead atoms. The number of nitrogens with one attached hydrogen (secondary N) is 1. The molecule has 1 rings (SSSR count). The molecule has 3 nitrogen and oxygen atoms in total. The zero-order valence-corrected chi connectivity index (χ0v) is 12.2. The molecule has 7 heteroatoms. The number of carbonyl (C=O) groups is 1. The van der Waals surface area contributed by atoms with E-state index in [0.717, 1.165) is 0 Å². The average Bonchev–Trinajstić information content (AvgIpc) is 2.35. The second-order valence-corrected chi connectivity index (χ2v) is 5.74.